The molecule has 0 saturated heterocycles. The lowest BCUT2D eigenvalue weighted by Crippen LogP contribution is -2.20. The van der Waals surface area contributed by atoms with Gasteiger partial charge in [0.2, 0.25) is 0 Å². The van der Waals surface area contributed by atoms with Crippen molar-refractivity contribution in [3.8, 4) is 5.75 Å². The normalized spacial score (nSPS) is 12.7. The highest BCUT2D eigenvalue weighted by Crippen LogP contribution is 2.23. The summed E-state index contributed by atoms with van der Waals surface area (Å²) in [6, 6.07) is 6.70. The Bertz CT molecular complexity index is 557. The van der Waals surface area contributed by atoms with Gasteiger partial charge in [0.15, 0.2) is 0 Å². The molecule has 0 saturated carbocycles. The first-order valence-electron chi connectivity index (χ1n) is 6.28. The largest absolute Gasteiger partial charge is 0.435 e. The fourth-order valence-corrected chi connectivity index (χ4v) is 2.07. The summed E-state index contributed by atoms with van der Waals surface area (Å²) in [6.07, 6.45) is 4.27. The minimum Gasteiger partial charge on any atom is -0.435 e. The number of hydrogen-bond acceptors (Lipinski definition) is 3. The van der Waals surface area contributed by atoms with Crippen LogP contribution in [0.4, 0.5) is 8.78 Å². The summed E-state index contributed by atoms with van der Waals surface area (Å²) in [7, 11) is 3.75. The number of benzene rings is 1. The second kappa shape index (κ2) is 6.47. The molecule has 108 valence electrons. The molecule has 2 rings (SSSR count). The molecule has 0 aliphatic heterocycles. The van der Waals surface area contributed by atoms with Gasteiger partial charge in [-0.15, -0.1) is 0 Å². The van der Waals surface area contributed by atoms with Crippen molar-refractivity contribution in [3.63, 3.8) is 0 Å². The van der Waals surface area contributed by atoms with E-state index in [9.17, 15) is 8.78 Å². The molecule has 0 bridgehead atoms. The Hall–Kier alpha value is -1.95. The number of aryl methyl sites for hydroxylation is 1. The molecule has 2 aromatic rings. The first-order valence-corrected chi connectivity index (χ1v) is 6.28. The summed E-state index contributed by atoms with van der Waals surface area (Å²) >= 11 is 0. The molecule has 1 unspecified atom stereocenters. The second-order valence-electron chi connectivity index (χ2n) is 4.45. The van der Waals surface area contributed by atoms with E-state index in [4.69, 9.17) is 0 Å². The maximum atomic E-state index is 12.2. The summed E-state index contributed by atoms with van der Waals surface area (Å²) in [5.41, 5.74) is 0.883. The van der Waals surface area contributed by atoms with Crippen LogP contribution in [0.3, 0.4) is 0 Å². The van der Waals surface area contributed by atoms with Gasteiger partial charge in [-0.05, 0) is 24.7 Å². The smallest absolute Gasteiger partial charge is 0.387 e. The van der Waals surface area contributed by atoms with E-state index < -0.39 is 6.61 Å². The van der Waals surface area contributed by atoms with Gasteiger partial charge in [-0.25, -0.2) is 4.98 Å². The van der Waals surface area contributed by atoms with Gasteiger partial charge >= 0.3 is 6.61 Å². The van der Waals surface area contributed by atoms with Crippen LogP contribution in [0, 0.1) is 0 Å². The first kappa shape index (κ1) is 14.5. The average molecular weight is 281 g/mol. The number of rotatable bonds is 6. The van der Waals surface area contributed by atoms with E-state index in [0.717, 1.165) is 11.4 Å². The molecule has 1 atom stereocenters. The molecular weight excluding hydrogens is 264 g/mol. The average Bonchev–Trinajstić information content (AvgIpc) is 2.81. The van der Waals surface area contributed by atoms with Crippen molar-refractivity contribution in [2.24, 2.45) is 7.05 Å². The molecule has 0 radical (unpaired) electrons. The van der Waals surface area contributed by atoms with Crippen LogP contribution in [0.1, 0.15) is 17.4 Å². The zero-order valence-electron chi connectivity index (χ0n) is 11.4. The van der Waals surface area contributed by atoms with Crippen molar-refractivity contribution in [2.45, 2.75) is 19.1 Å². The molecule has 1 heterocycles. The molecule has 1 aromatic heterocycles. The third kappa shape index (κ3) is 3.54. The minimum atomic E-state index is -2.81. The van der Waals surface area contributed by atoms with Crippen LogP contribution in [0.2, 0.25) is 0 Å². The summed E-state index contributed by atoms with van der Waals surface area (Å²) in [6.45, 7) is -2.81. The summed E-state index contributed by atoms with van der Waals surface area (Å²) < 4.78 is 30.8. The summed E-state index contributed by atoms with van der Waals surface area (Å²) in [5.74, 6) is 1.09. The van der Waals surface area contributed by atoms with Crippen molar-refractivity contribution in [1.82, 2.24) is 14.9 Å². The molecule has 0 aliphatic rings. The van der Waals surface area contributed by atoms with Gasteiger partial charge in [-0.3, -0.25) is 0 Å². The zero-order valence-corrected chi connectivity index (χ0v) is 11.4. The maximum absolute atomic E-state index is 12.2. The zero-order chi connectivity index (χ0) is 14.5. The van der Waals surface area contributed by atoms with Crippen LogP contribution in [0.5, 0.6) is 5.75 Å². The molecule has 0 amide bonds. The molecule has 0 fully saturated rings. The highest BCUT2D eigenvalue weighted by molar-refractivity contribution is 5.31. The Kier molecular flexibility index (Phi) is 4.68. The van der Waals surface area contributed by atoms with E-state index in [2.05, 4.69) is 15.0 Å². The Morgan fingerprint density at radius 2 is 2.20 bits per heavy atom. The van der Waals surface area contributed by atoms with E-state index in [1.54, 1.807) is 18.3 Å². The van der Waals surface area contributed by atoms with Gasteiger partial charge in [-0.1, -0.05) is 12.1 Å². The van der Waals surface area contributed by atoms with Crippen molar-refractivity contribution in [3.05, 3.63) is 48.0 Å². The fourth-order valence-electron chi connectivity index (χ4n) is 2.07. The second-order valence-corrected chi connectivity index (χ2v) is 4.45. The molecule has 1 N–H and O–H groups in total. The summed E-state index contributed by atoms with van der Waals surface area (Å²) in [4.78, 5) is 4.27. The first-order chi connectivity index (χ1) is 9.60. The highest BCUT2D eigenvalue weighted by Gasteiger charge is 2.14. The monoisotopic (exact) mass is 281 g/mol. The summed E-state index contributed by atoms with van der Waals surface area (Å²) in [5, 5.41) is 3.17. The van der Waals surface area contributed by atoms with Crippen LogP contribution in [0.15, 0.2) is 36.7 Å². The quantitative estimate of drug-likeness (QED) is 0.884. The van der Waals surface area contributed by atoms with E-state index in [1.807, 2.05) is 30.9 Å². The predicted octanol–water partition coefficient (Wildman–Crippen LogP) is 2.52. The van der Waals surface area contributed by atoms with Crippen LogP contribution >= 0.6 is 0 Å². The van der Waals surface area contributed by atoms with Gasteiger partial charge in [0.25, 0.3) is 0 Å². The van der Waals surface area contributed by atoms with Crippen molar-refractivity contribution in [2.75, 3.05) is 7.05 Å². The Morgan fingerprint density at radius 3 is 2.80 bits per heavy atom. The number of hydrogen-bond donors (Lipinski definition) is 1. The number of nitrogens with zero attached hydrogens (tertiary/aromatic N) is 2. The van der Waals surface area contributed by atoms with Crippen LogP contribution in [0.25, 0.3) is 0 Å². The maximum Gasteiger partial charge on any atom is 0.387 e. The number of likely N-dealkylation sites (N-methyl/N-ethyl adjacent to an activating group) is 1. The number of halogens is 2. The van der Waals surface area contributed by atoms with Gasteiger partial charge in [0.05, 0.1) is 0 Å². The Balaban J connectivity index is 2.17. The molecule has 6 heteroatoms. The van der Waals surface area contributed by atoms with Crippen LogP contribution in [-0.2, 0) is 13.5 Å². The molecule has 1 aromatic carbocycles. The number of ether oxygens (including phenoxy) is 1. The minimum absolute atomic E-state index is 0.0164. The van der Waals surface area contributed by atoms with E-state index in [1.165, 1.54) is 6.07 Å². The van der Waals surface area contributed by atoms with Crippen molar-refractivity contribution < 1.29 is 13.5 Å². The Morgan fingerprint density at radius 1 is 1.40 bits per heavy atom. The number of aromatic nitrogens is 2. The van der Waals surface area contributed by atoms with Gasteiger partial charge in [-0.2, -0.15) is 8.78 Å². The molecule has 0 aliphatic carbocycles. The van der Waals surface area contributed by atoms with Gasteiger partial charge in [0, 0.05) is 31.9 Å². The number of alkyl halides is 2. The predicted molar refractivity (Wildman–Crippen MR) is 71.8 cm³/mol. The van der Waals surface area contributed by atoms with Crippen molar-refractivity contribution >= 4 is 0 Å². The lowest BCUT2D eigenvalue weighted by atomic mass is 10.0. The van der Waals surface area contributed by atoms with Gasteiger partial charge < -0.3 is 14.6 Å². The van der Waals surface area contributed by atoms with Crippen LogP contribution in [-0.4, -0.2) is 23.2 Å². The molecule has 4 nitrogen and oxygen atoms in total. The number of nitrogens with one attached hydrogen (secondary N) is 1. The highest BCUT2D eigenvalue weighted by atomic mass is 19.3. The molecule has 20 heavy (non-hydrogen) atoms. The SMILES string of the molecule is CNC(Cc1nccn1C)c1cccc(OC(F)F)c1. The fraction of sp³-hybridized carbons (Fsp3) is 0.357. The lowest BCUT2D eigenvalue weighted by molar-refractivity contribution is -0.0499. The van der Waals surface area contributed by atoms with Crippen LogP contribution < -0.4 is 10.1 Å². The lowest BCUT2D eigenvalue weighted by Gasteiger charge is -2.17. The van der Waals surface area contributed by atoms with Crippen molar-refractivity contribution in [1.29, 1.82) is 0 Å². The standard InChI is InChI=1S/C14H17F2N3O/c1-17-12(9-13-18-6-7-19(13)2)10-4-3-5-11(8-10)20-14(15)16/h3-8,12,14,17H,9H2,1-2H3. The topological polar surface area (TPSA) is 39.1 Å². The number of imidazole rings is 1. The third-order valence-corrected chi connectivity index (χ3v) is 3.14. The molecule has 0 spiro atoms. The van der Waals surface area contributed by atoms with E-state index in [0.29, 0.717) is 6.42 Å². The third-order valence-electron chi connectivity index (χ3n) is 3.14. The molecular formula is C14H17F2N3O. The Labute approximate surface area is 116 Å². The van der Waals surface area contributed by atoms with E-state index in [-0.39, 0.29) is 11.8 Å². The van der Waals surface area contributed by atoms with Gasteiger partial charge in [0.1, 0.15) is 11.6 Å². The van der Waals surface area contributed by atoms with E-state index >= 15 is 0 Å².